The fraction of sp³-hybridized carbons (Fsp3) is 0.400. The quantitative estimate of drug-likeness (QED) is 0.845. The smallest absolute Gasteiger partial charge is 0.159 e. The molecule has 1 aliphatic carbocycles. The van der Waals surface area contributed by atoms with Crippen molar-refractivity contribution in [2.75, 3.05) is 26.2 Å². The van der Waals surface area contributed by atoms with Crippen molar-refractivity contribution >= 4 is 0 Å². The Hall–Kier alpha value is -1.78. The van der Waals surface area contributed by atoms with Crippen LogP contribution in [-0.2, 0) is 6.54 Å². The van der Waals surface area contributed by atoms with Gasteiger partial charge in [0.2, 0.25) is 0 Å². The summed E-state index contributed by atoms with van der Waals surface area (Å²) in [6.07, 6.45) is 1.06. The summed E-state index contributed by atoms with van der Waals surface area (Å²) < 4.78 is 26.5. The number of nitrogens with zero attached hydrogens (tertiary/aromatic N) is 2. The van der Waals surface area contributed by atoms with Gasteiger partial charge in [-0.1, -0.05) is 36.4 Å². The van der Waals surface area contributed by atoms with Crippen LogP contribution in [0.4, 0.5) is 8.78 Å². The summed E-state index contributed by atoms with van der Waals surface area (Å²) in [6, 6.07) is 15.4. The molecule has 0 aromatic heterocycles. The number of rotatable bonds is 4. The van der Waals surface area contributed by atoms with Crippen LogP contribution in [0.1, 0.15) is 23.5 Å². The molecule has 4 heteroatoms. The minimum Gasteiger partial charge on any atom is -0.297 e. The van der Waals surface area contributed by atoms with Gasteiger partial charge in [-0.2, -0.15) is 0 Å². The van der Waals surface area contributed by atoms with E-state index in [1.807, 2.05) is 6.07 Å². The van der Waals surface area contributed by atoms with Gasteiger partial charge in [-0.25, -0.2) is 8.78 Å². The Labute approximate surface area is 141 Å². The standard InChI is InChI=1S/C20H22F2N2/c21-18-7-6-16(12-19(18)22)17-13-20(17)24-10-8-23(9-11-24)14-15-4-2-1-3-5-15/h1-7,12,17,20H,8-11,13-14H2/t17-,20+/m1/s1. The van der Waals surface area contributed by atoms with Gasteiger partial charge >= 0.3 is 0 Å². The van der Waals surface area contributed by atoms with Crippen LogP contribution in [0.2, 0.25) is 0 Å². The topological polar surface area (TPSA) is 6.48 Å². The molecule has 4 rings (SSSR count). The summed E-state index contributed by atoms with van der Waals surface area (Å²) in [4.78, 5) is 4.99. The van der Waals surface area contributed by atoms with Crippen molar-refractivity contribution in [3.05, 3.63) is 71.3 Å². The molecular formula is C20H22F2N2. The van der Waals surface area contributed by atoms with Crippen LogP contribution in [0.5, 0.6) is 0 Å². The Kier molecular flexibility index (Phi) is 4.33. The van der Waals surface area contributed by atoms with Crippen molar-refractivity contribution in [3.63, 3.8) is 0 Å². The first-order valence-electron chi connectivity index (χ1n) is 8.66. The number of hydrogen-bond donors (Lipinski definition) is 0. The Balaban J connectivity index is 1.30. The van der Waals surface area contributed by atoms with E-state index < -0.39 is 11.6 Å². The van der Waals surface area contributed by atoms with Gasteiger partial charge in [0.05, 0.1) is 0 Å². The Morgan fingerprint density at radius 1 is 0.875 bits per heavy atom. The van der Waals surface area contributed by atoms with Gasteiger partial charge in [-0.15, -0.1) is 0 Å². The summed E-state index contributed by atoms with van der Waals surface area (Å²) in [5.74, 6) is -1.13. The predicted octanol–water partition coefficient (Wildman–Crippen LogP) is 3.64. The molecule has 0 unspecified atom stereocenters. The predicted molar refractivity (Wildman–Crippen MR) is 90.8 cm³/mol. The summed E-state index contributed by atoms with van der Waals surface area (Å²) in [5, 5.41) is 0. The largest absolute Gasteiger partial charge is 0.297 e. The molecule has 0 N–H and O–H groups in total. The average molecular weight is 328 g/mol. The number of halogens is 2. The molecule has 126 valence electrons. The average Bonchev–Trinajstić information content (AvgIpc) is 3.40. The first kappa shape index (κ1) is 15.7. The fourth-order valence-corrected chi connectivity index (χ4v) is 3.78. The van der Waals surface area contributed by atoms with E-state index in [2.05, 4.69) is 34.1 Å². The maximum absolute atomic E-state index is 13.4. The zero-order chi connectivity index (χ0) is 16.5. The van der Waals surface area contributed by atoms with E-state index in [0.717, 1.165) is 44.7 Å². The Morgan fingerprint density at radius 3 is 2.33 bits per heavy atom. The lowest BCUT2D eigenvalue weighted by Crippen LogP contribution is -2.47. The molecule has 2 aliphatic rings. The Bertz CT molecular complexity index is 696. The van der Waals surface area contributed by atoms with Gasteiger partial charge < -0.3 is 0 Å². The summed E-state index contributed by atoms with van der Waals surface area (Å²) in [5.41, 5.74) is 2.29. The first-order chi connectivity index (χ1) is 11.7. The number of piperazine rings is 1. The lowest BCUT2D eigenvalue weighted by Gasteiger charge is -2.35. The monoisotopic (exact) mass is 328 g/mol. The molecule has 1 heterocycles. The number of benzene rings is 2. The second-order valence-corrected chi connectivity index (χ2v) is 6.88. The highest BCUT2D eigenvalue weighted by Gasteiger charge is 2.43. The van der Waals surface area contributed by atoms with Crippen molar-refractivity contribution in [1.29, 1.82) is 0 Å². The van der Waals surface area contributed by atoms with Gasteiger partial charge in [0.1, 0.15) is 0 Å². The minimum absolute atomic E-state index is 0.362. The molecule has 2 atom stereocenters. The van der Waals surface area contributed by atoms with Gasteiger partial charge in [-0.3, -0.25) is 9.80 Å². The normalized spacial score (nSPS) is 24.9. The van der Waals surface area contributed by atoms with Crippen molar-refractivity contribution in [2.45, 2.75) is 24.9 Å². The molecule has 1 saturated heterocycles. The summed E-state index contributed by atoms with van der Waals surface area (Å²) in [6.45, 7) is 5.24. The molecule has 24 heavy (non-hydrogen) atoms. The van der Waals surface area contributed by atoms with Crippen LogP contribution in [0.15, 0.2) is 48.5 Å². The van der Waals surface area contributed by atoms with Gasteiger partial charge in [0.15, 0.2) is 11.6 Å². The third-order valence-corrected chi connectivity index (χ3v) is 5.25. The fourth-order valence-electron chi connectivity index (χ4n) is 3.78. The van der Waals surface area contributed by atoms with Crippen LogP contribution in [0, 0.1) is 11.6 Å². The minimum atomic E-state index is -0.759. The lowest BCUT2D eigenvalue weighted by atomic mass is 10.1. The van der Waals surface area contributed by atoms with E-state index in [0.29, 0.717) is 12.0 Å². The molecular weight excluding hydrogens is 306 g/mol. The zero-order valence-corrected chi connectivity index (χ0v) is 13.7. The highest BCUT2D eigenvalue weighted by Crippen LogP contribution is 2.45. The van der Waals surface area contributed by atoms with E-state index in [4.69, 9.17) is 0 Å². The summed E-state index contributed by atoms with van der Waals surface area (Å²) >= 11 is 0. The Morgan fingerprint density at radius 2 is 1.62 bits per heavy atom. The molecule has 0 radical (unpaired) electrons. The third-order valence-electron chi connectivity index (χ3n) is 5.25. The zero-order valence-electron chi connectivity index (χ0n) is 13.7. The molecule has 0 amide bonds. The molecule has 2 nitrogen and oxygen atoms in total. The molecule has 1 aliphatic heterocycles. The SMILES string of the molecule is Fc1ccc([C@H]2C[C@@H]2N2CCN(Cc3ccccc3)CC2)cc1F. The van der Waals surface area contributed by atoms with Crippen molar-refractivity contribution in [1.82, 2.24) is 9.80 Å². The molecule has 1 saturated carbocycles. The van der Waals surface area contributed by atoms with E-state index in [-0.39, 0.29) is 0 Å². The summed E-state index contributed by atoms with van der Waals surface area (Å²) in [7, 11) is 0. The van der Waals surface area contributed by atoms with Gasteiger partial charge in [0.25, 0.3) is 0 Å². The van der Waals surface area contributed by atoms with Crippen LogP contribution in [-0.4, -0.2) is 42.0 Å². The highest BCUT2D eigenvalue weighted by molar-refractivity contribution is 5.29. The molecule has 2 fully saturated rings. The van der Waals surface area contributed by atoms with E-state index in [1.54, 1.807) is 6.07 Å². The molecule has 2 aromatic rings. The molecule has 2 aromatic carbocycles. The van der Waals surface area contributed by atoms with Crippen LogP contribution in [0.3, 0.4) is 0 Å². The second-order valence-electron chi connectivity index (χ2n) is 6.88. The van der Waals surface area contributed by atoms with E-state index in [9.17, 15) is 8.78 Å². The van der Waals surface area contributed by atoms with Crippen molar-refractivity contribution in [3.8, 4) is 0 Å². The first-order valence-corrected chi connectivity index (χ1v) is 8.66. The van der Waals surface area contributed by atoms with Crippen LogP contribution in [0.25, 0.3) is 0 Å². The second kappa shape index (κ2) is 6.61. The maximum Gasteiger partial charge on any atom is 0.159 e. The van der Waals surface area contributed by atoms with Crippen molar-refractivity contribution in [2.24, 2.45) is 0 Å². The maximum atomic E-state index is 13.4. The lowest BCUT2D eigenvalue weighted by molar-refractivity contribution is 0.120. The molecule has 0 bridgehead atoms. The number of hydrogen-bond acceptors (Lipinski definition) is 2. The van der Waals surface area contributed by atoms with E-state index >= 15 is 0 Å². The third kappa shape index (κ3) is 3.35. The molecule has 0 spiro atoms. The van der Waals surface area contributed by atoms with Gasteiger partial charge in [-0.05, 0) is 29.7 Å². The van der Waals surface area contributed by atoms with Gasteiger partial charge in [0, 0.05) is 44.7 Å². The van der Waals surface area contributed by atoms with E-state index in [1.165, 1.54) is 17.7 Å². The highest BCUT2D eigenvalue weighted by atomic mass is 19.2. The van der Waals surface area contributed by atoms with Crippen molar-refractivity contribution < 1.29 is 8.78 Å². The van der Waals surface area contributed by atoms with Crippen LogP contribution < -0.4 is 0 Å². The van der Waals surface area contributed by atoms with Crippen LogP contribution >= 0.6 is 0 Å².